The minimum atomic E-state index is -0.246. The monoisotopic (exact) mass is 394 g/mol. The fourth-order valence-electron chi connectivity index (χ4n) is 3.62. The van der Waals surface area contributed by atoms with E-state index in [1.54, 1.807) is 0 Å². The molecule has 0 bridgehead atoms. The SMILES string of the molecule is CCOC(=O)C[n+]1c(-c2ccccc2)cc(-c2ccccc2)cc1-c1ccccc1. The Bertz CT molecular complexity index is 1060. The van der Waals surface area contributed by atoms with E-state index in [0.29, 0.717) is 6.61 Å². The van der Waals surface area contributed by atoms with Gasteiger partial charge in [0.25, 0.3) is 0 Å². The topological polar surface area (TPSA) is 30.2 Å². The Kier molecular flexibility index (Phi) is 6.00. The first-order valence-electron chi connectivity index (χ1n) is 10.2. The molecular weight excluding hydrogens is 370 g/mol. The van der Waals surface area contributed by atoms with Crippen molar-refractivity contribution in [3.05, 3.63) is 103 Å². The number of carbonyl (C=O) groups excluding carboxylic acids is 1. The summed E-state index contributed by atoms with van der Waals surface area (Å²) in [6.45, 7) is 2.34. The minimum Gasteiger partial charge on any atom is -0.461 e. The molecule has 4 aromatic rings. The lowest BCUT2D eigenvalue weighted by atomic mass is 9.99. The van der Waals surface area contributed by atoms with E-state index in [4.69, 9.17) is 4.74 Å². The highest BCUT2D eigenvalue weighted by Crippen LogP contribution is 2.29. The van der Waals surface area contributed by atoms with E-state index in [2.05, 4.69) is 53.1 Å². The Morgan fingerprint density at radius 3 is 1.53 bits per heavy atom. The predicted octanol–water partition coefficient (Wildman–Crippen LogP) is 5.54. The Morgan fingerprint density at radius 1 is 0.667 bits per heavy atom. The molecule has 0 aliphatic heterocycles. The molecule has 0 aliphatic rings. The fourth-order valence-corrected chi connectivity index (χ4v) is 3.62. The lowest BCUT2D eigenvalue weighted by Gasteiger charge is -2.12. The average Bonchev–Trinajstić information content (AvgIpc) is 2.81. The third kappa shape index (κ3) is 4.31. The van der Waals surface area contributed by atoms with Gasteiger partial charge >= 0.3 is 5.97 Å². The number of benzene rings is 3. The van der Waals surface area contributed by atoms with Crippen molar-refractivity contribution in [3.8, 4) is 33.6 Å². The average molecular weight is 394 g/mol. The normalized spacial score (nSPS) is 10.6. The number of ether oxygens (including phenoxy) is 1. The van der Waals surface area contributed by atoms with Crippen molar-refractivity contribution in [3.63, 3.8) is 0 Å². The van der Waals surface area contributed by atoms with E-state index >= 15 is 0 Å². The first-order chi connectivity index (χ1) is 14.8. The van der Waals surface area contributed by atoms with Crippen LogP contribution in [0, 0.1) is 0 Å². The predicted molar refractivity (Wildman–Crippen MR) is 120 cm³/mol. The summed E-state index contributed by atoms with van der Waals surface area (Å²) >= 11 is 0. The molecule has 0 aliphatic carbocycles. The zero-order valence-electron chi connectivity index (χ0n) is 17.0. The smallest absolute Gasteiger partial charge is 0.372 e. The summed E-state index contributed by atoms with van der Waals surface area (Å²) < 4.78 is 7.33. The number of nitrogens with zero attached hydrogens (tertiary/aromatic N) is 1. The molecular formula is C27H24NO2+. The maximum Gasteiger partial charge on any atom is 0.372 e. The van der Waals surface area contributed by atoms with Gasteiger partial charge in [0, 0.05) is 23.3 Å². The third-order valence-electron chi connectivity index (χ3n) is 5.00. The van der Waals surface area contributed by atoms with Gasteiger partial charge < -0.3 is 4.74 Å². The van der Waals surface area contributed by atoms with Gasteiger partial charge in [-0.1, -0.05) is 66.7 Å². The second-order valence-corrected chi connectivity index (χ2v) is 7.00. The highest BCUT2D eigenvalue weighted by Gasteiger charge is 2.25. The van der Waals surface area contributed by atoms with Crippen molar-refractivity contribution >= 4 is 5.97 Å². The molecule has 3 nitrogen and oxygen atoms in total. The molecule has 0 unspecified atom stereocenters. The first kappa shape index (κ1) is 19.6. The summed E-state index contributed by atoms with van der Waals surface area (Å²) in [5.41, 5.74) is 6.30. The van der Waals surface area contributed by atoms with Crippen molar-refractivity contribution in [2.45, 2.75) is 13.5 Å². The van der Waals surface area contributed by atoms with Crippen LogP contribution in [0.25, 0.3) is 33.6 Å². The third-order valence-corrected chi connectivity index (χ3v) is 5.00. The summed E-state index contributed by atoms with van der Waals surface area (Å²) in [5, 5.41) is 0. The van der Waals surface area contributed by atoms with E-state index in [0.717, 1.165) is 33.6 Å². The highest BCUT2D eigenvalue weighted by molar-refractivity contribution is 5.75. The van der Waals surface area contributed by atoms with E-state index < -0.39 is 0 Å². The molecule has 0 saturated carbocycles. The Morgan fingerprint density at radius 2 is 1.10 bits per heavy atom. The standard InChI is InChI=1S/C27H24NO2/c1-2-30-27(29)20-28-25(22-14-8-4-9-15-22)18-24(21-12-6-3-7-13-21)19-26(28)23-16-10-5-11-17-23/h3-19H,2,20H2,1H3/q+1. The van der Waals surface area contributed by atoms with Crippen molar-refractivity contribution < 1.29 is 14.1 Å². The maximum absolute atomic E-state index is 12.5. The molecule has 0 N–H and O–H groups in total. The van der Waals surface area contributed by atoms with Crippen molar-refractivity contribution in [1.29, 1.82) is 0 Å². The number of rotatable bonds is 6. The van der Waals surface area contributed by atoms with E-state index in [1.807, 2.05) is 61.5 Å². The second-order valence-electron chi connectivity index (χ2n) is 7.00. The molecule has 1 heterocycles. The zero-order chi connectivity index (χ0) is 20.8. The molecule has 0 spiro atoms. The molecule has 0 fully saturated rings. The van der Waals surface area contributed by atoms with Gasteiger partial charge in [-0.3, -0.25) is 0 Å². The van der Waals surface area contributed by atoms with Crippen molar-refractivity contribution in [1.82, 2.24) is 0 Å². The molecule has 3 heteroatoms. The number of hydrogen-bond donors (Lipinski definition) is 0. The van der Waals surface area contributed by atoms with Crippen LogP contribution in [0.3, 0.4) is 0 Å². The Labute approximate surface area is 177 Å². The maximum atomic E-state index is 12.5. The van der Waals surface area contributed by atoms with E-state index in [9.17, 15) is 4.79 Å². The first-order valence-corrected chi connectivity index (χ1v) is 10.2. The molecule has 0 saturated heterocycles. The van der Waals surface area contributed by atoms with Gasteiger partial charge in [-0.05, 0) is 42.3 Å². The molecule has 0 amide bonds. The minimum absolute atomic E-state index is 0.150. The van der Waals surface area contributed by atoms with E-state index in [1.165, 1.54) is 0 Å². The molecule has 4 rings (SSSR count). The highest BCUT2D eigenvalue weighted by atomic mass is 16.5. The van der Waals surface area contributed by atoms with Gasteiger partial charge in [0.05, 0.1) is 6.61 Å². The summed E-state index contributed by atoms with van der Waals surface area (Å²) in [7, 11) is 0. The molecule has 3 aromatic carbocycles. The van der Waals surface area contributed by atoms with Gasteiger partial charge in [-0.15, -0.1) is 0 Å². The van der Waals surface area contributed by atoms with Crippen molar-refractivity contribution in [2.24, 2.45) is 0 Å². The van der Waals surface area contributed by atoms with Crippen LogP contribution in [0.5, 0.6) is 0 Å². The van der Waals surface area contributed by atoms with Gasteiger partial charge in [0.15, 0.2) is 0 Å². The van der Waals surface area contributed by atoms with Crippen LogP contribution in [0.15, 0.2) is 103 Å². The summed E-state index contributed by atoms with van der Waals surface area (Å²) in [6.07, 6.45) is 0. The zero-order valence-corrected chi connectivity index (χ0v) is 17.0. The van der Waals surface area contributed by atoms with Gasteiger partial charge in [-0.25, -0.2) is 4.79 Å². The second kappa shape index (κ2) is 9.19. The van der Waals surface area contributed by atoms with Crippen LogP contribution in [0.4, 0.5) is 0 Å². The molecule has 1 aromatic heterocycles. The van der Waals surface area contributed by atoms with Gasteiger partial charge in [0.2, 0.25) is 17.9 Å². The lowest BCUT2D eigenvalue weighted by molar-refractivity contribution is -0.664. The molecule has 0 radical (unpaired) electrons. The summed E-state index contributed by atoms with van der Waals surface area (Å²) in [6, 6.07) is 34.9. The molecule has 0 atom stereocenters. The van der Waals surface area contributed by atoms with Gasteiger partial charge in [-0.2, -0.15) is 4.57 Å². The molecule has 30 heavy (non-hydrogen) atoms. The van der Waals surface area contributed by atoms with Crippen molar-refractivity contribution in [2.75, 3.05) is 6.61 Å². The number of aromatic nitrogens is 1. The van der Waals surface area contributed by atoms with Crippen LogP contribution in [-0.4, -0.2) is 12.6 Å². The number of pyridine rings is 1. The van der Waals surface area contributed by atoms with Crippen LogP contribution in [0.2, 0.25) is 0 Å². The van der Waals surface area contributed by atoms with Crippen LogP contribution < -0.4 is 4.57 Å². The molecule has 148 valence electrons. The summed E-state index contributed by atoms with van der Waals surface area (Å²) in [5.74, 6) is -0.246. The summed E-state index contributed by atoms with van der Waals surface area (Å²) in [4.78, 5) is 12.5. The Hall–Kier alpha value is -3.72. The largest absolute Gasteiger partial charge is 0.461 e. The quantitative estimate of drug-likeness (QED) is 0.318. The Balaban J connectivity index is 1.98. The fraction of sp³-hybridized carbons (Fsp3) is 0.111. The number of esters is 1. The lowest BCUT2D eigenvalue weighted by Crippen LogP contribution is -2.43. The van der Waals surface area contributed by atoms with Crippen LogP contribution in [0.1, 0.15) is 6.92 Å². The van der Waals surface area contributed by atoms with Crippen LogP contribution >= 0.6 is 0 Å². The van der Waals surface area contributed by atoms with Gasteiger partial charge in [0.1, 0.15) is 0 Å². The number of hydrogen-bond acceptors (Lipinski definition) is 2. The number of carbonyl (C=O) groups is 1. The van der Waals surface area contributed by atoms with E-state index in [-0.39, 0.29) is 12.5 Å². The van der Waals surface area contributed by atoms with Crippen LogP contribution in [-0.2, 0) is 16.1 Å².